The van der Waals surface area contributed by atoms with Crippen LogP contribution in [-0.4, -0.2) is 38.6 Å². The highest BCUT2D eigenvalue weighted by Crippen LogP contribution is 2.24. The smallest absolute Gasteiger partial charge is 0.309 e. The molecule has 0 aromatic carbocycles. The molecule has 2 N–H and O–H groups in total. The summed E-state index contributed by atoms with van der Waals surface area (Å²) in [6.45, 7) is 3.77. The number of rotatable bonds is 2. The maximum atomic E-state index is 11.0. The first kappa shape index (κ1) is 9.98. The number of amides is 2. The summed E-state index contributed by atoms with van der Waals surface area (Å²) in [4.78, 5) is 21.8. The second-order valence-corrected chi connectivity index (χ2v) is 3.57. The summed E-state index contributed by atoms with van der Waals surface area (Å²) in [5, 5.41) is 4.80. The summed E-state index contributed by atoms with van der Waals surface area (Å²) in [6, 6.07) is 0. The molecule has 1 rings (SSSR count). The Labute approximate surface area is 76.8 Å². The Morgan fingerprint density at radius 3 is 2.38 bits per heavy atom. The van der Waals surface area contributed by atoms with Gasteiger partial charge in [-0.25, -0.2) is 0 Å². The minimum absolute atomic E-state index is 0.00365. The van der Waals surface area contributed by atoms with Gasteiger partial charge in [0.25, 0.3) is 0 Å². The molecule has 0 aromatic heterocycles. The van der Waals surface area contributed by atoms with Crippen LogP contribution in [-0.2, 0) is 14.3 Å². The van der Waals surface area contributed by atoms with Crippen LogP contribution in [0.3, 0.4) is 0 Å². The Morgan fingerprint density at radius 2 is 2.00 bits per heavy atom. The van der Waals surface area contributed by atoms with Gasteiger partial charge in [0.15, 0.2) is 0 Å². The molecule has 5 nitrogen and oxygen atoms in total. The fourth-order valence-electron chi connectivity index (χ4n) is 1.04. The van der Waals surface area contributed by atoms with Crippen molar-refractivity contribution in [3.8, 4) is 0 Å². The fraction of sp³-hybridized carbons (Fsp3) is 0.750. The molecule has 1 aliphatic rings. The minimum Gasteiger partial charge on any atom is -0.380 e. The number of carbonyl (C=O) groups is 2. The van der Waals surface area contributed by atoms with E-state index in [1.807, 2.05) is 6.92 Å². The average molecular weight is 186 g/mol. The first-order chi connectivity index (χ1) is 6.07. The summed E-state index contributed by atoms with van der Waals surface area (Å²) in [5.41, 5.74) is 0.00365. The topological polar surface area (TPSA) is 67.4 Å². The second kappa shape index (κ2) is 3.74. The molecule has 2 amide bonds. The van der Waals surface area contributed by atoms with E-state index < -0.39 is 11.8 Å². The third-order valence-corrected chi connectivity index (χ3v) is 2.01. The van der Waals surface area contributed by atoms with Gasteiger partial charge in [0.05, 0.1) is 13.2 Å². The summed E-state index contributed by atoms with van der Waals surface area (Å²) < 4.78 is 5.01. The zero-order valence-electron chi connectivity index (χ0n) is 7.85. The van der Waals surface area contributed by atoms with Gasteiger partial charge in [-0.05, 0) is 0 Å². The third-order valence-electron chi connectivity index (χ3n) is 2.01. The molecule has 0 radical (unpaired) electrons. The molecule has 1 fully saturated rings. The molecule has 0 aliphatic carbocycles. The molecular weight excluding hydrogens is 172 g/mol. The van der Waals surface area contributed by atoms with E-state index in [2.05, 4.69) is 10.6 Å². The Balaban J connectivity index is 2.25. The van der Waals surface area contributed by atoms with Crippen molar-refractivity contribution in [2.24, 2.45) is 5.41 Å². The van der Waals surface area contributed by atoms with Crippen LogP contribution in [0.2, 0.25) is 0 Å². The van der Waals surface area contributed by atoms with Crippen molar-refractivity contribution in [2.45, 2.75) is 6.92 Å². The maximum absolute atomic E-state index is 11.0. The van der Waals surface area contributed by atoms with Gasteiger partial charge in [-0.1, -0.05) is 6.92 Å². The lowest BCUT2D eigenvalue weighted by atomic mass is 9.89. The molecule has 0 bridgehead atoms. The summed E-state index contributed by atoms with van der Waals surface area (Å²) in [6.07, 6.45) is 0. The minimum atomic E-state index is -0.608. The van der Waals surface area contributed by atoms with Crippen molar-refractivity contribution in [2.75, 3.05) is 26.8 Å². The molecule has 0 aromatic rings. The van der Waals surface area contributed by atoms with Crippen molar-refractivity contribution in [3.63, 3.8) is 0 Å². The molecule has 0 atom stereocenters. The van der Waals surface area contributed by atoms with Gasteiger partial charge in [0.1, 0.15) is 0 Å². The highest BCUT2D eigenvalue weighted by Gasteiger charge is 2.33. The van der Waals surface area contributed by atoms with E-state index in [0.29, 0.717) is 19.8 Å². The number of ether oxygens (including phenoxy) is 1. The third kappa shape index (κ3) is 2.42. The molecular formula is C8H14N2O3. The van der Waals surface area contributed by atoms with Gasteiger partial charge in [-0.3, -0.25) is 9.59 Å². The van der Waals surface area contributed by atoms with Gasteiger partial charge in [-0.15, -0.1) is 0 Å². The van der Waals surface area contributed by atoms with Gasteiger partial charge in [0, 0.05) is 19.0 Å². The lowest BCUT2D eigenvalue weighted by Gasteiger charge is -2.37. The van der Waals surface area contributed by atoms with Gasteiger partial charge >= 0.3 is 11.8 Å². The van der Waals surface area contributed by atoms with Crippen molar-refractivity contribution in [1.29, 1.82) is 0 Å². The highest BCUT2D eigenvalue weighted by atomic mass is 16.5. The van der Waals surface area contributed by atoms with Gasteiger partial charge in [0.2, 0.25) is 0 Å². The predicted molar refractivity (Wildman–Crippen MR) is 46.0 cm³/mol. The van der Waals surface area contributed by atoms with Crippen LogP contribution in [0.15, 0.2) is 0 Å². The summed E-state index contributed by atoms with van der Waals surface area (Å²) in [5.74, 6) is -1.19. The van der Waals surface area contributed by atoms with Crippen LogP contribution >= 0.6 is 0 Å². The molecule has 0 saturated carbocycles. The first-order valence-corrected chi connectivity index (χ1v) is 4.15. The van der Waals surface area contributed by atoms with E-state index in [1.54, 1.807) is 0 Å². The number of hydrogen-bond donors (Lipinski definition) is 2. The lowest BCUT2D eigenvalue weighted by molar-refractivity contribution is -0.141. The van der Waals surface area contributed by atoms with Crippen LogP contribution in [0.4, 0.5) is 0 Å². The molecule has 0 spiro atoms. The van der Waals surface area contributed by atoms with Crippen LogP contribution in [0.5, 0.6) is 0 Å². The van der Waals surface area contributed by atoms with Crippen LogP contribution in [0.1, 0.15) is 6.92 Å². The van der Waals surface area contributed by atoms with Crippen LogP contribution < -0.4 is 10.6 Å². The van der Waals surface area contributed by atoms with E-state index in [1.165, 1.54) is 7.05 Å². The normalized spacial score (nSPS) is 18.6. The van der Waals surface area contributed by atoms with Crippen molar-refractivity contribution in [1.82, 2.24) is 10.6 Å². The average Bonchev–Trinajstić information content (AvgIpc) is 2.09. The lowest BCUT2D eigenvalue weighted by Crippen LogP contribution is -2.50. The zero-order chi connectivity index (χ0) is 9.90. The quantitative estimate of drug-likeness (QED) is 0.537. The maximum Gasteiger partial charge on any atom is 0.309 e. The fourth-order valence-corrected chi connectivity index (χ4v) is 1.04. The molecule has 0 unspecified atom stereocenters. The first-order valence-electron chi connectivity index (χ1n) is 4.15. The summed E-state index contributed by atoms with van der Waals surface area (Å²) >= 11 is 0. The highest BCUT2D eigenvalue weighted by molar-refractivity contribution is 6.35. The van der Waals surface area contributed by atoms with E-state index in [4.69, 9.17) is 4.74 Å². The molecule has 74 valence electrons. The van der Waals surface area contributed by atoms with Crippen molar-refractivity contribution < 1.29 is 14.3 Å². The van der Waals surface area contributed by atoms with Crippen molar-refractivity contribution in [3.05, 3.63) is 0 Å². The van der Waals surface area contributed by atoms with E-state index in [9.17, 15) is 9.59 Å². The molecule has 1 heterocycles. The zero-order valence-corrected chi connectivity index (χ0v) is 7.85. The molecule has 13 heavy (non-hydrogen) atoms. The SMILES string of the molecule is CNC(=O)C(=O)NCC1(C)COC1. The van der Waals surface area contributed by atoms with Crippen LogP contribution in [0, 0.1) is 5.41 Å². The summed E-state index contributed by atoms with van der Waals surface area (Å²) in [7, 11) is 1.43. The van der Waals surface area contributed by atoms with E-state index in [0.717, 1.165) is 0 Å². The Bertz CT molecular complexity index is 223. The Hall–Kier alpha value is -1.10. The number of nitrogens with one attached hydrogen (secondary N) is 2. The monoisotopic (exact) mass is 186 g/mol. The Kier molecular flexibility index (Phi) is 2.87. The molecule has 1 aliphatic heterocycles. The largest absolute Gasteiger partial charge is 0.380 e. The second-order valence-electron chi connectivity index (χ2n) is 3.57. The van der Waals surface area contributed by atoms with Gasteiger partial charge < -0.3 is 15.4 Å². The Morgan fingerprint density at radius 1 is 1.38 bits per heavy atom. The van der Waals surface area contributed by atoms with Crippen LogP contribution in [0.25, 0.3) is 0 Å². The number of likely N-dealkylation sites (N-methyl/N-ethyl adjacent to an activating group) is 1. The van der Waals surface area contributed by atoms with Gasteiger partial charge in [-0.2, -0.15) is 0 Å². The van der Waals surface area contributed by atoms with E-state index in [-0.39, 0.29) is 5.41 Å². The van der Waals surface area contributed by atoms with E-state index >= 15 is 0 Å². The molecule has 1 saturated heterocycles. The molecule has 5 heteroatoms. The number of carbonyl (C=O) groups excluding carboxylic acids is 2. The number of hydrogen-bond acceptors (Lipinski definition) is 3. The van der Waals surface area contributed by atoms with Crippen molar-refractivity contribution >= 4 is 11.8 Å². The standard InChI is InChI=1S/C8H14N2O3/c1-8(4-13-5-8)3-10-7(12)6(11)9-2/h3-5H2,1-2H3,(H,9,11)(H,10,12). The predicted octanol–water partition coefficient (Wildman–Crippen LogP) is -1.11.